The van der Waals surface area contributed by atoms with E-state index in [-0.39, 0.29) is 28.4 Å². The maximum absolute atomic E-state index is 12.7. The highest BCUT2D eigenvalue weighted by Gasteiger charge is 2.70. The highest BCUT2D eigenvalue weighted by atomic mass is 35.5. The van der Waals surface area contributed by atoms with Gasteiger partial charge in [-0.25, -0.2) is 13.4 Å². The first kappa shape index (κ1) is 20.0. The van der Waals surface area contributed by atoms with E-state index in [0.29, 0.717) is 5.02 Å². The molecule has 9 heteroatoms. The number of furan rings is 1. The highest BCUT2D eigenvalue weighted by Crippen LogP contribution is 2.68. The Morgan fingerprint density at radius 2 is 1.93 bits per heavy atom. The maximum atomic E-state index is 12.7. The number of sulfone groups is 1. The van der Waals surface area contributed by atoms with Gasteiger partial charge in [-0.15, -0.1) is 11.3 Å². The quantitative estimate of drug-likeness (QED) is 0.603. The molecule has 0 spiro atoms. The molecular formula is C21H21ClN2O4S2. The minimum atomic E-state index is -3.38. The molecule has 158 valence electrons. The van der Waals surface area contributed by atoms with E-state index in [2.05, 4.69) is 5.32 Å². The van der Waals surface area contributed by atoms with Gasteiger partial charge in [-0.3, -0.25) is 4.79 Å². The first-order valence-corrected chi connectivity index (χ1v) is 12.7. The van der Waals surface area contributed by atoms with Crippen LogP contribution in [0.3, 0.4) is 0 Å². The molecule has 0 aliphatic heterocycles. The highest BCUT2D eigenvalue weighted by molar-refractivity contribution is 7.91. The summed E-state index contributed by atoms with van der Waals surface area (Å²) in [5.41, 5.74) is 0.726. The molecule has 1 N–H and O–H groups in total. The van der Waals surface area contributed by atoms with E-state index in [1.54, 1.807) is 31.3 Å². The second kappa shape index (κ2) is 6.08. The van der Waals surface area contributed by atoms with Crippen LogP contribution in [0.1, 0.15) is 54.4 Å². The Kier molecular flexibility index (Phi) is 4.06. The van der Waals surface area contributed by atoms with Gasteiger partial charge in [0.15, 0.2) is 15.6 Å². The number of nitrogens with one attached hydrogen (secondary N) is 1. The summed E-state index contributed by atoms with van der Waals surface area (Å²) in [6.07, 6.45) is 3.71. The van der Waals surface area contributed by atoms with Gasteiger partial charge in [-0.1, -0.05) is 11.6 Å². The molecule has 2 heterocycles. The molecule has 6 rings (SSSR count). The monoisotopic (exact) mass is 464 g/mol. The number of hydrogen-bond acceptors (Lipinski definition) is 6. The molecule has 3 aromatic rings. The van der Waals surface area contributed by atoms with Gasteiger partial charge >= 0.3 is 0 Å². The fraction of sp³-hybridized carbons (Fsp3) is 0.429. The maximum Gasteiger partial charge on any atom is 0.287 e. The average molecular weight is 465 g/mol. The summed E-state index contributed by atoms with van der Waals surface area (Å²) in [4.78, 5) is 17.5. The fourth-order valence-corrected chi connectivity index (χ4v) is 6.32. The Morgan fingerprint density at radius 3 is 2.60 bits per heavy atom. The zero-order chi connectivity index (χ0) is 21.5. The predicted octanol–water partition coefficient (Wildman–Crippen LogP) is 4.43. The van der Waals surface area contributed by atoms with Gasteiger partial charge in [0.2, 0.25) is 0 Å². The molecule has 6 nitrogen and oxygen atoms in total. The number of halogens is 1. The van der Waals surface area contributed by atoms with Crippen LogP contribution in [-0.2, 0) is 20.0 Å². The third-order valence-electron chi connectivity index (χ3n) is 6.56. The molecule has 30 heavy (non-hydrogen) atoms. The third-order valence-corrected chi connectivity index (χ3v) is 10.1. The van der Waals surface area contributed by atoms with Crippen molar-refractivity contribution >= 4 is 48.9 Å². The summed E-state index contributed by atoms with van der Waals surface area (Å²) in [5.74, 6) is 0.0856. The van der Waals surface area contributed by atoms with Crippen molar-refractivity contribution in [3.8, 4) is 0 Å². The van der Waals surface area contributed by atoms with E-state index in [9.17, 15) is 13.2 Å². The van der Waals surface area contributed by atoms with Gasteiger partial charge in [0.25, 0.3) is 5.91 Å². The van der Waals surface area contributed by atoms with Crippen LogP contribution >= 0.6 is 22.9 Å². The molecule has 2 aromatic heterocycles. The Labute approximate surface area is 183 Å². The average Bonchev–Trinajstić information content (AvgIpc) is 3.22. The molecule has 0 unspecified atom stereocenters. The standard InChI is InChI=1S/C21H21ClN2O4S2/c1-19(2,30(3,26)27)16-7-5-14(28-16)17(25)24-21-9-20(10-21,11-21)18-23-13-8-12(22)4-6-15(13)29-18/h4-8H,9-11H2,1-3H3,(H,24,25). The Bertz CT molecular complexity index is 1290. The first-order chi connectivity index (χ1) is 13.9. The molecule has 0 saturated heterocycles. The number of aromatic nitrogens is 1. The van der Waals surface area contributed by atoms with Gasteiger partial charge in [0.1, 0.15) is 15.5 Å². The van der Waals surface area contributed by atoms with Gasteiger partial charge in [0, 0.05) is 22.2 Å². The van der Waals surface area contributed by atoms with Crippen LogP contribution in [-0.4, -0.2) is 31.1 Å². The molecule has 2 bridgehead atoms. The Balaban J connectivity index is 1.28. The zero-order valence-corrected chi connectivity index (χ0v) is 19.2. The van der Waals surface area contributed by atoms with Gasteiger partial charge in [-0.05, 0) is 63.4 Å². The summed E-state index contributed by atoms with van der Waals surface area (Å²) in [7, 11) is -3.38. The second-order valence-corrected chi connectivity index (χ2v) is 13.2. The van der Waals surface area contributed by atoms with Crippen molar-refractivity contribution in [2.24, 2.45) is 0 Å². The number of hydrogen-bond donors (Lipinski definition) is 1. The normalized spacial score (nSPS) is 25.6. The number of nitrogens with zero attached hydrogens (tertiary/aromatic N) is 1. The van der Waals surface area contributed by atoms with Crippen LogP contribution in [0, 0.1) is 0 Å². The summed E-state index contributed by atoms with van der Waals surface area (Å²) in [6, 6.07) is 8.85. The summed E-state index contributed by atoms with van der Waals surface area (Å²) < 4.78 is 29.5. The van der Waals surface area contributed by atoms with Crippen molar-refractivity contribution in [3.63, 3.8) is 0 Å². The molecule has 3 aliphatic carbocycles. The Morgan fingerprint density at radius 1 is 1.23 bits per heavy atom. The summed E-state index contributed by atoms with van der Waals surface area (Å²) in [6.45, 7) is 3.14. The van der Waals surface area contributed by atoms with Crippen molar-refractivity contribution in [3.05, 3.63) is 51.9 Å². The number of benzene rings is 1. The molecule has 0 atom stereocenters. The molecule has 0 radical (unpaired) electrons. The van der Waals surface area contributed by atoms with Crippen molar-refractivity contribution in [1.82, 2.24) is 10.3 Å². The van der Waals surface area contributed by atoms with Crippen LogP contribution in [0.2, 0.25) is 5.02 Å². The van der Waals surface area contributed by atoms with Gasteiger partial charge < -0.3 is 9.73 Å². The molecular weight excluding hydrogens is 444 g/mol. The lowest BCUT2D eigenvalue weighted by Crippen LogP contribution is -2.76. The van der Waals surface area contributed by atoms with E-state index >= 15 is 0 Å². The summed E-state index contributed by atoms with van der Waals surface area (Å²) >= 11 is 7.76. The molecule has 3 aliphatic rings. The SMILES string of the molecule is CC(C)(c1ccc(C(=O)NC23CC(c4nc5cc(Cl)ccc5s4)(C2)C3)o1)S(C)(=O)=O. The molecule has 3 fully saturated rings. The van der Waals surface area contributed by atoms with Crippen molar-refractivity contribution in [2.45, 2.75) is 48.8 Å². The molecule has 3 saturated carbocycles. The van der Waals surface area contributed by atoms with E-state index in [1.807, 2.05) is 18.2 Å². The second-order valence-electron chi connectivity index (χ2n) is 9.12. The summed E-state index contributed by atoms with van der Waals surface area (Å²) in [5, 5.41) is 4.87. The Hall–Kier alpha value is -1.90. The lowest BCUT2D eigenvalue weighted by atomic mass is 9.39. The lowest BCUT2D eigenvalue weighted by Gasteiger charge is -2.69. The number of carbonyl (C=O) groups excluding carboxylic acids is 1. The van der Waals surface area contributed by atoms with Crippen LogP contribution < -0.4 is 5.32 Å². The topological polar surface area (TPSA) is 89.3 Å². The number of fused-ring (bicyclic) bond motifs is 1. The van der Waals surface area contributed by atoms with Crippen LogP contribution in [0.4, 0.5) is 0 Å². The fourth-order valence-electron chi connectivity index (χ4n) is 4.54. The van der Waals surface area contributed by atoms with Gasteiger partial charge in [0.05, 0.1) is 10.2 Å². The zero-order valence-electron chi connectivity index (χ0n) is 16.8. The molecule has 1 amide bonds. The van der Waals surface area contributed by atoms with Crippen molar-refractivity contribution in [2.75, 3.05) is 6.26 Å². The smallest absolute Gasteiger partial charge is 0.287 e. The van der Waals surface area contributed by atoms with Crippen LogP contribution in [0.25, 0.3) is 10.2 Å². The number of carbonyl (C=O) groups is 1. The van der Waals surface area contributed by atoms with E-state index in [4.69, 9.17) is 21.0 Å². The van der Waals surface area contributed by atoms with Crippen molar-refractivity contribution < 1.29 is 17.6 Å². The number of amides is 1. The number of rotatable bonds is 5. The van der Waals surface area contributed by atoms with Crippen LogP contribution in [0.15, 0.2) is 34.7 Å². The lowest BCUT2D eigenvalue weighted by molar-refractivity contribution is -0.0811. The van der Waals surface area contributed by atoms with Crippen LogP contribution in [0.5, 0.6) is 0 Å². The minimum Gasteiger partial charge on any atom is -0.454 e. The van der Waals surface area contributed by atoms with Gasteiger partial charge in [-0.2, -0.15) is 0 Å². The molecule has 1 aromatic carbocycles. The largest absolute Gasteiger partial charge is 0.454 e. The predicted molar refractivity (Wildman–Crippen MR) is 117 cm³/mol. The first-order valence-electron chi connectivity index (χ1n) is 9.62. The minimum absolute atomic E-state index is 0.0377. The van der Waals surface area contributed by atoms with E-state index in [1.165, 1.54) is 6.07 Å². The van der Waals surface area contributed by atoms with E-state index in [0.717, 1.165) is 40.7 Å². The van der Waals surface area contributed by atoms with Crippen molar-refractivity contribution in [1.29, 1.82) is 0 Å². The number of thiazole rings is 1. The van der Waals surface area contributed by atoms with E-state index < -0.39 is 14.6 Å². The third kappa shape index (κ3) is 2.84.